The summed E-state index contributed by atoms with van der Waals surface area (Å²) in [5, 5.41) is 8.66. The normalized spacial score (nSPS) is 18.2. The first-order chi connectivity index (χ1) is 7.94. The van der Waals surface area contributed by atoms with Gasteiger partial charge in [-0.2, -0.15) is 0 Å². The molecule has 0 radical (unpaired) electrons. The Kier molecular flexibility index (Phi) is 4.37. The van der Waals surface area contributed by atoms with Crippen LogP contribution in [-0.4, -0.2) is 53.6 Å². The molecule has 5 heteroatoms. The Balaban J connectivity index is 2.58. The molecule has 0 unspecified atom stereocenters. The summed E-state index contributed by atoms with van der Waals surface area (Å²) >= 11 is 0. The lowest BCUT2D eigenvalue weighted by molar-refractivity contribution is -0.137. The van der Waals surface area contributed by atoms with Crippen LogP contribution in [0.1, 0.15) is 33.1 Å². The largest absolute Gasteiger partial charge is 0.480 e. The standard InChI is InChI=1S/C12H22N2O3/c1-4-12(5-2)6-7-14(9-12)11(17)13(3)8-10(15)16/h4-9H2,1-3H3,(H,15,16). The van der Waals surface area contributed by atoms with Crippen molar-refractivity contribution in [1.29, 1.82) is 0 Å². The van der Waals surface area contributed by atoms with Gasteiger partial charge < -0.3 is 14.9 Å². The zero-order chi connectivity index (χ0) is 13.1. The maximum absolute atomic E-state index is 12.0. The molecule has 1 fully saturated rings. The lowest BCUT2D eigenvalue weighted by Crippen LogP contribution is -2.43. The van der Waals surface area contributed by atoms with Gasteiger partial charge in [0.1, 0.15) is 6.54 Å². The van der Waals surface area contributed by atoms with Crippen molar-refractivity contribution in [2.45, 2.75) is 33.1 Å². The van der Waals surface area contributed by atoms with Gasteiger partial charge in [0, 0.05) is 20.1 Å². The van der Waals surface area contributed by atoms with Crippen molar-refractivity contribution in [3.63, 3.8) is 0 Å². The molecule has 1 N–H and O–H groups in total. The summed E-state index contributed by atoms with van der Waals surface area (Å²) in [6.45, 7) is 5.56. The highest BCUT2D eigenvalue weighted by atomic mass is 16.4. The maximum Gasteiger partial charge on any atom is 0.323 e. The Bertz CT molecular complexity index is 300. The SMILES string of the molecule is CCC1(CC)CCN(C(=O)N(C)CC(=O)O)C1. The number of urea groups is 1. The second-order valence-corrected chi connectivity index (χ2v) is 4.91. The number of carbonyl (C=O) groups is 2. The molecule has 2 amide bonds. The molecule has 1 aliphatic heterocycles. The summed E-state index contributed by atoms with van der Waals surface area (Å²) in [5.74, 6) is -0.975. The number of carboxylic acid groups (broad SMARTS) is 1. The molecule has 0 aromatic rings. The van der Waals surface area contributed by atoms with Crippen molar-refractivity contribution in [1.82, 2.24) is 9.80 Å². The third kappa shape index (κ3) is 3.11. The van der Waals surface area contributed by atoms with E-state index in [0.717, 1.165) is 32.4 Å². The average Bonchev–Trinajstić information content (AvgIpc) is 2.72. The highest BCUT2D eigenvalue weighted by Gasteiger charge is 2.37. The van der Waals surface area contributed by atoms with Crippen molar-refractivity contribution in [2.75, 3.05) is 26.7 Å². The van der Waals surface area contributed by atoms with E-state index in [4.69, 9.17) is 5.11 Å². The van der Waals surface area contributed by atoms with E-state index in [9.17, 15) is 9.59 Å². The predicted octanol–water partition coefficient (Wildman–Crippen LogP) is 1.63. The fourth-order valence-electron chi connectivity index (χ4n) is 2.44. The van der Waals surface area contributed by atoms with Crippen LogP contribution in [0.4, 0.5) is 4.79 Å². The van der Waals surface area contributed by atoms with Crippen LogP contribution in [0.2, 0.25) is 0 Å². The predicted molar refractivity (Wildman–Crippen MR) is 64.9 cm³/mol. The van der Waals surface area contributed by atoms with Gasteiger partial charge in [-0.05, 0) is 24.7 Å². The Labute approximate surface area is 102 Å². The summed E-state index contributed by atoms with van der Waals surface area (Å²) in [5.41, 5.74) is 0.236. The van der Waals surface area contributed by atoms with E-state index >= 15 is 0 Å². The van der Waals surface area contributed by atoms with Crippen molar-refractivity contribution in [2.24, 2.45) is 5.41 Å². The molecule has 0 aliphatic carbocycles. The third-order valence-electron chi connectivity index (χ3n) is 3.91. The molecular formula is C12H22N2O3. The fraction of sp³-hybridized carbons (Fsp3) is 0.833. The molecule has 17 heavy (non-hydrogen) atoms. The van der Waals surface area contributed by atoms with E-state index < -0.39 is 5.97 Å². The Morgan fingerprint density at radius 3 is 2.35 bits per heavy atom. The van der Waals surface area contributed by atoms with Gasteiger partial charge in [-0.3, -0.25) is 4.79 Å². The fourth-order valence-corrected chi connectivity index (χ4v) is 2.44. The number of rotatable bonds is 4. The van der Waals surface area contributed by atoms with Gasteiger partial charge in [0.2, 0.25) is 0 Å². The zero-order valence-electron chi connectivity index (χ0n) is 10.9. The smallest absolute Gasteiger partial charge is 0.323 e. The minimum absolute atomic E-state index is 0.170. The number of amides is 2. The van der Waals surface area contributed by atoms with Crippen LogP contribution in [0.5, 0.6) is 0 Å². The average molecular weight is 242 g/mol. The Hall–Kier alpha value is -1.26. The van der Waals surface area contributed by atoms with Gasteiger partial charge in [0.05, 0.1) is 0 Å². The van der Waals surface area contributed by atoms with Crippen LogP contribution in [0.25, 0.3) is 0 Å². The van der Waals surface area contributed by atoms with Crippen LogP contribution in [-0.2, 0) is 4.79 Å². The molecular weight excluding hydrogens is 220 g/mol. The molecule has 0 spiro atoms. The number of aliphatic carboxylic acids is 1. The van der Waals surface area contributed by atoms with Gasteiger partial charge in [-0.25, -0.2) is 4.79 Å². The quantitative estimate of drug-likeness (QED) is 0.815. The molecule has 0 atom stereocenters. The van der Waals surface area contributed by atoms with E-state index in [-0.39, 0.29) is 18.0 Å². The van der Waals surface area contributed by atoms with Crippen LogP contribution < -0.4 is 0 Å². The van der Waals surface area contributed by atoms with Crippen molar-refractivity contribution in [3.05, 3.63) is 0 Å². The summed E-state index contributed by atoms with van der Waals surface area (Å²) < 4.78 is 0. The molecule has 0 aromatic carbocycles. The Morgan fingerprint density at radius 1 is 1.35 bits per heavy atom. The van der Waals surface area contributed by atoms with Crippen molar-refractivity contribution in [3.8, 4) is 0 Å². The molecule has 0 aromatic heterocycles. The number of carbonyl (C=O) groups excluding carboxylic acids is 1. The number of likely N-dealkylation sites (tertiary alicyclic amines) is 1. The number of hydrogen-bond donors (Lipinski definition) is 1. The van der Waals surface area contributed by atoms with E-state index in [2.05, 4.69) is 13.8 Å². The minimum atomic E-state index is -0.975. The van der Waals surface area contributed by atoms with Crippen molar-refractivity contribution >= 4 is 12.0 Å². The van der Waals surface area contributed by atoms with Gasteiger partial charge in [-0.15, -0.1) is 0 Å². The van der Waals surface area contributed by atoms with Gasteiger partial charge >= 0.3 is 12.0 Å². The molecule has 1 saturated heterocycles. The highest BCUT2D eigenvalue weighted by molar-refractivity contribution is 5.80. The second kappa shape index (κ2) is 5.38. The summed E-state index contributed by atoms with van der Waals surface area (Å²) in [7, 11) is 1.54. The molecule has 98 valence electrons. The molecule has 1 heterocycles. The third-order valence-corrected chi connectivity index (χ3v) is 3.91. The van der Waals surface area contributed by atoms with Crippen molar-refractivity contribution < 1.29 is 14.7 Å². The summed E-state index contributed by atoms with van der Waals surface area (Å²) in [4.78, 5) is 25.6. The maximum atomic E-state index is 12.0. The van der Waals surface area contributed by atoms with E-state index in [1.54, 1.807) is 4.90 Å². The zero-order valence-corrected chi connectivity index (χ0v) is 10.9. The summed E-state index contributed by atoms with van der Waals surface area (Å²) in [6.07, 6.45) is 3.15. The lowest BCUT2D eigenvalue weighted by atomic mass is 9.82. The van der Waals surface area contributed by atoms with E-state index in [0.29, 0.717) is 0 Å². The molecule has 0 bridgehead atoms. The number of hydrogen-bond acceptors (Lipinski definition) is 2. The lowest BCUT2D eigenvalue weighted by Gasteiger charge is -2.28. The van der Waals surface area contributed by atoms with Gasteiger partial charge in [0.25, 0.3) is 0 Å². The van der Waals surface area contributed by atoms with Crippen LogP contribution in [0, 0.1) is 5.41 Å². The van der Waals surface area contributed by atoms with Gasteiger partial charge in [-0.1, -0.05) is 13.8 Å². The first kappa shape index (κ1) is 13.8. The number of nitrogens with zero attached hydrogens (tertiary/aromatic N) is 2. The monoisotopic (exact) mass is 242 g/mol. The molecule has 5 nitrogen and oxygen atoms in total. The second-order valence-electron chi connectivity index (χ2n) is 4.91. The molecule has 1 aliphatic rings. The van der Waals surface area contributed by atoms with Crippen LogP contribution in [0.3, 0.4) is 0 Å². The topological polar surface area (TPSA) is 60.9 Å². The van der Waals surface area contributed by atoms with E-state index in [1.165, 1.54) is 11.9 Å². The first-order valence-electron chi connectivity index (χ1n) is 6.16. The summed E-state index contributed by atoms with van der Waals surface area (Å²) in [6, 6.07) is -0.170. The van der Waals surface area contributed by atoms with Gasteiger partial charge in [0.15, 0.2) is 0 Å². The highest BCUT2D eigenvalue weighted by Crippen LogP contribution is 2.37. The minimum Gasteiger partial charge on any atom is -0.480 e. The molecule has 0 saturated carbocycles. The first-order valence-corrected chi connectivity index (χ1v) is 6.16. The van der Waals surface area contributed by atoms with E-state index in [1.807, 2.05) is 0 Å². The Morgan fingerprint density at radius 2 is 1.94 bits per heavy atom. The number of likely N-dealkylation sites (N-methyl/N-ethyl adjacent to an activating group) is 1. The molecule has 1 rings (SSSR count). The van der Waals surface area contributed by atoms with Crippen LogP contribution >= 0.6 is 0 Å². The van der Waals surface area contributed by atoms with Crippen LogP contribution in [0.15, 0.2) is 0 Å². The number of carboxylic acids is 1.